The number of carboxylic acids is 1. The number of fused-ring (bicyclic) bond motifs is 1. The molecule has 28 heavy (non-hydrogen) atoms. The predicted molar refractivity (Wildman–Crippen MR) is 105 cm³/mol. The van der Waals surface area contributed by atoms with Crippen LogP contribution in [0.2, 0.25) is 0 Å². The van der Waals surface area contributed by atoms with Crippen molar-refractivity contribution in [1.82, 2.24) is 10.3 Å². The third kappa shape index (κ3) is 4.22. The standard InChI is InChI=1S/C19H19N3O5S/c20-16-9-10-18(15-4-2-1-3-14(15)16)28(26,27)22-21-17(19(24)25)11-12-5-7-13(23)8-6-12/h1-10,17,21-23H,11,20H2,(H,24,25). The van der Waals surface area contributed by atoms with E-state index in [0.717, 1.165) is 0 Å². The SMILES string of the molecule is Nc1ccc(S(=O)(=O)NNC(Cc2ccc(O)cc2)C(=O)O)c2ccccc12. The van der Waals surface area contributed by atoms with Crippen molar-refractivity contribution in [1.29, 1.82) is 0 Å². The van der Waals surface area contributed by atoms with Crippen LogP contribution in [0.1, 0.15) is 5.56 Å². The predicted octanol–water partition coefficient (Wildman–Crippen LogP) is 1.61. The van der Waals surface area contributed by atoms with Gasteiger partial charge < -0.3 is 15.9 Å². The number of aromatic hydroxyl groups is 1. The monoisotopic (exact) mass is 401 g/mol. The molecule has 0 spiro atoms. The summed E-state index contributed by atoms with van der Waals surface area (Å²) in [6.07, 6.45) is 0.0145. The van der Waals surface area contributed by atoms with Crippen LogP contribution in [0.5, 0.6) is 5.75 Å². The zero-order valence-electron chi connectivity index (χ0n) is 14.7. The maximum Gasteiger partial charge on any atom is 0.322 e. The molecule has 0 radical (unpaired) electrons. The Bertz CT molecular complexity index is 1110. The highest BCUT2D eigenvalue weighted by Gasteiger charge is 2.23. The molecule has 0 aliphatic carbocycles. The van der Waals surface area contributed by atoms with Crippen molar-refractivity contribution in [2.24, 2.45) is 0 Å². The van der Waals surface area contributed by atoms with Gasteiger partial charge in [-0.15, -0.1) is 4.83 Å². The number of hydrogen-bond donors (Lipinski definition) is 5. The number of anilines is 1. The van der Waals surface area contributed by atoms with Crippen molar-refractivity contribution in [3.8, 4) is 5.75 Å². The van der Waals surface area contributed by atoms with Crippen LogP contribution in [-0.2, 0) is 21.2 Å². The third-order valence-electron chi connectivity index (χ3n) is 4.25. The van der Waals surface area contributed by atoms with Crippen molar-refractivity contribution < 1.29 is 23.4 Å². The summed E-state index contributed by atoms with van der Waals surface area (Å²) >= 11 is 0. The lowest BCUT2D eigenvalue weighted by atomic mass is 10.1. The molecule has 1 atom stereocenters. The summed E-state index contributed by atoms with van der Waals surface area (Å²) in [7, 11) is -4.05. The van der Waals surface area contributed by atoms with Gasteiger partial charge in [0.05, 0.1) is 4.90 Å². The van der Waals surface area contributed by atoms with Crippen LogP contribution in [0.4, 0.5) is 5.69 Å². The number of sulfonamides is 1. The lowest BCUT2D eigenvalue weighted by Gasteiger charge is -2.17. The normalized spacial score (nSPS) is 12.7. The number of phenols is 1. The summed E-state index contributed by atoms with van der Waals surface area (Å²) in [5, 5.41) is 19.7. The van der Waals surface area contributed by atoms with Gasteiger partial charge in [0.15, 0.2) is 0 Å². The second-order valence-corrected chi connectivity index (χ2v) is 7.86. The molecule has 0 fully saturated rings. The van der Waals surface area contributed by atoms with Gasteiger partial charge in [0, 0.05) is 16.5 Å². The van der Waals surface area contributed by atoms with Crippen molar-refractivity contribution in [2.75, 3.05) is 5.73 Å². The highest BCUT2D eigenvalue weighted by Crippen LogP contribution is 2.27. The van der Waals surface area contributed by atoms with Crippen LogP contribution in [0, 0.1) is 0 Å². The van der Waals surface area contributed by atoms with Gasteiger partial charge in [-0.25, -0.2) is 13.8 Å². The maximum absolute atomic E-state index is 12.7. The van der Waals surface area contributed by atoms with Gasteiger partial charge in [-0.05, 0) is 36.2 Å². The number of rotatable bonds is 7. The number of carboxylic acid groups (broad SMARTS) is 1. The zero-order valence-corrected chi connectivity index (χ0v) is 15.5. The minimum absolute atomic E-state index is 0.0145. The van der Waals surface area contributed by atoms with E-state index in [1.54, 1.807) is 36.4 Å². The van der Waals surface area contributed by atoms with Gasteiger partial charge in [-0.3, -0.25) is 4.79 Å². The quantitative estimate of drug-likeness (QED) is 0.299. The lowest BCUT2D eigenvalue weighted by molar-refractivity contribution is -0.139. The first-order chi connectivity index (χ1) is 13.3. The molecule has 3 aromatic carbocycles. The summed E-state index contributed by atoms with van der Waals surface area (Å²) in [5.74, 6) is -1.17. The lowest BCUT2D eigenvalue weighted by Crippen LogP contribution is -2.49. The highest BCUT2D eigenvalue weighted by atomic mass is 32.2. The van der Waals surface area contributed by atoms with E-state index in [-0.39, 0.29) is 17.1 Å². The second kappa shape index (κ2) is 7.85. The number of carbonyl (C=O) groups is 1. The van der Waals surface area contributed by atoms with Gasteiger partial charge >= 0.3 is 5.97 Å². The average molecular weight is 401 g/mol. The number of benzene rings is 3. The molecule has 0 heterocycles. The number of nitrogen functional groups attached to an aromatic ring is 1. The molecule has 8 nitrogen and oxygen atoms in total. The Labute approximate surface area is 161 Å². The molecule has 0 aromatic heterocycles. The maximum atomic E-state index is 12.7. The molecule has 0 amide bonds. The summed E-state index contributed by atoms with van der Waals surface area (Å²) < 4.78 is 25.5. The Balaban J connectivity index is 1.82. The van der Waals surface area contributed by atoms with E-state index in [1.807, 2.05) is 0 Å². The molecule has 1 unspecified atom stereocenters. The summed E-state index contributed by atoms with van der Waals surface area (Å²) in [5.41, 5.74) is 9.33. The molecule has 9 heteroatoms. The van der Waals surface area contributed by atoms with E-state index in [9.17, 15) is 23.4 Å². The molecule has 6 N–H and O–H groups in total. The molecule has 3 rings (SSSR count). The molecule has 0 saturated carbocycles. The van der Waals surface area contributed by atoms with E-state index in [2.05, 4.69) is 10.3 Å². The largest absolute Gasteiger partial charge is 0.508 e. The van der Waals surface area contributed by atoms with Gasteiger partial charge in [0.2, 0.25) is 0 Å². The number of aliphatic carboxylic acids is 1. The zero-order chi connectivity index (χ0) is 20.3. The molecule has 3 aromatic rings. The number of nitrogens with two attached hydrogens (primary N) is 1. The Kier molecular flexibility index (Phi) is 5.50. The van der Waals surface area contributed by atoms with E-state index < -0.39 is 22.0 Å². The van der Waals surface area contributed by atoms with Gasteiger partial charge in [0.1, 0.15) is 11.8 Å². The third-order valence-corrected chi connectivity index (χ3v) is 5.57. The number of hydrogen-bond acceptors (Lipinski definition) is 6. The Morgan fingerprint density at radius 3 is 2.29 bits per heavy atom. The Morgan fingerprint density at radius 1 is 1.00 bits per heavy atom. The van der Waals surface area contributed by atoms with E-state index in [1.165, 1.54) is 24.3 Å². The van der Waals surface area contributed by atoms with E-state index in [0.29, 0.717) is 22.0 Å². The molecular formula is C19H19N3O5S. The summed E-state index contributed by atoms with van der Waals surface area (Å²) in [4.78, 5) is 13.7. The topological polar surface area (TPSA) is 142 Å². The average Bonchev–Trinajstić information content (AvgIpc) is 2.66. The van der Waals surface area contributed by atoms with Gasteiger partial charge in [0.25, 0.3) is 10.0 Å². The van der Waals surface area contributed by atoms with Crippen LogP contribution in [0.15, 0.2) is 65.6 Å². The molecule has 0 aliphatic rings. The van der Waals surface area contributed by atoms with Crippen molar-refractivity contribution in [3.05, 3.63) is 66.2 Å². The van der Waals surface area contributed by atoms with E-state index >= 15 is 0 Å². The molecule has 0 saturated heterocycles. The van der Waals surface area contributed by atoms with Gasteiger partial charge in [-0.1, -0.05) is 36.4 Å². The molecule has 146 valence electrons. The van der Waals surface area contributed by atoms with Crippen LogP contribution in [0.25, 0.3) is 10.8 Å². The fraction of sp³-hybridized carbons (Fsp3) is 0.105. The van der Waals surface area contributed by atoms with E-state index in [4.69, 9.17) is 5.73 Å². The number of phenolic OH excluding ortho intramolecular Hbond substituents is 1. The Morgan fingerprint density at radius 2 is 1.64 bits per heavy atom. The van der Waals surface area contributed by atoms with Crippen molar-refractivity contribution >= 4 is 32.5 Å². The fourth-order valence-corrected chi connectivity index (χ4v) is 3.92. The fourth-order valence-electron chi connectivity index (χ4n) is 2.80. The minimum Gasteiger partial charge on any atom is -0.508 e. The second-order valence-electron chi connectivity index (χ2n) is 6.21. The first-order valence-corrected chi connectivity index (χ1v) is 9.81. The minimum atomic E-state index is -4.05. The molecule has 0 bridgehead atoms. The molecular weight excluding hydrogens is 382 g/mol. The van der Waals surface area contributed by atoms with Crippen LogP contribution in [0.3, 0.4) is 0 Å². The van der Waals surface area contributed by atoms with Crippen molar-refractivity contribution in [3.63, 3.8) is 0 Å². The first kappa shape index (κ1) is 19.6. The summed E-state index contributed by atoms with van der Waals surface area (Å²) in [6.45, 7) is 0. The highest BCUT2D eigenvalue weighted by molar-refractivity contribution is 7.89. The van der Waals surface area contributed by atoms with Crippen LogP contribution in [-0.4, -0.2) is 30.6 Å². The summed E-state index contributed by atoms with van der Waals surface area (Å²) in [6, 6.07) is 14.4. The van der Waals surface area contributed by atoms with Gasteiger partial charge in [-0.2, -0.15) is 0 Å². The molecule has 0 aliphatic heterocycles. The van der Waals surface area contributed by atoms with Crippen LogP contribution >= 0.6 is 0 Å². The van der Waals surface area contributed by atoms with Crippen LogP contribution < -0.4 is 16.0 Å². The Hall–Kier alpha value is -3.14. The number of nitrogens with one attached hydrogen (secondary N) is 2. The number of hydrazine groups is 1. The smallest absolute Gasteiger partial charge is 0.322 e. The van der Waals surface area contributed by atoms with Crippen molar-refractivity contribution in [2.45, 2.75) is 17.4 Å². The first-order valence-electron chi connectivity index (χ1n) is 8.33.